The second kappa shape index (κ2) is 9.07. The monoisotopic (exact) mass is 419 g/mol. The molecule has 0 saturated heterocycles. The third kappa shape index (κ3) is 4.72. The SMILES string of the molecule is CCC[C@@H](O)C#Cc1cccc(-n2nc(C(C)=O)c3c2CCC[C@H]3NC(=O)C2CC2)c1. The number of carbonyl (C=O) groups excluding carboxylic acids is 2. The average Bonchev–Trinajstić information content (AvgIpc) is 3.53. The molecule has 0 aliphatic heterocycles. The van der Waals surface area contributed by atoms with Crippen LogP contribution in [0.3, 0.4) is 0 Å². The first-order valence-electron chi connectivity index (χ1n) is 11.2. The number of Topliss-reactive ketones (excluding diaryl/α,β-unsaturated/α-hetero) is 1. The molecule has 162 valence electrons. The van der Waals surface area contributed by atoms with E-state index >= 15 is 0 Å². The molecule has 1 heterocycles. The van der Waals surface area contributed by atoms with Crippen LogP contribution in [0, 0.1) is 17.8 Å². The van der Waals surface area contributed by atoms with Crippen LogP contribution in [0.2, 0.25) is 0 Å². The number of aromatic nitrogens is 2. The predicted molar refractivity (Wildman–Crippen MR) is 118 cm³/mol. The molecular weight excluding hydrogens is 390 g/mol. The van der Waals surface area contributed by atoms with Crippen LogP contribution in [0.1, 0.15) is 85.7 Å². The highest BCUT2D eigenvalue weighted by Gasteiger charge is 2.35. The van der Waals surface area contributed by atoms with E-state index in [2.05, 4.69) is 22.3 Å². The van der Waals surface area contributed by atoms with Crippen molar-refractivity contribution in [2.45, 2.75) is 70.9 Å². The molecule has 0 bridgehead atoms. The van der Waals surface area contributed by atoms with Crippen molar-refractivity contribution in [1.82, 2.24) is 15.1 Å². The molecule has 2 atom stereocenters. The lowest BCUT2D eigenvalue weighted by Gasteiger charge is -2.25. The van der Waals surface area contributed by atoms with Crippen molar-refractivity contribution in [2.75, 3.05) is 0 Å². The van der Waals surface area contributed by atoms with E-state index in [0.29, 0.717) is 12.1 Å². The Bertz CT molecular complexity index is 1060. The van der Waals surface area contributed by atoms with E-state index in [1.807, 2.05) is 35.9 Å². The van der Waals surface area contributed by atoms with E-state index in [1.165, 1.54) is 6.92 Å². The lowest BCUT2D eigenvalue weighted by molar-refractivity contribution is -0.123. The molecule has 1 saturated carbocycles. The summed E-state index contributed by atoms with van der Waals surface area (Å²) in [5.41, 5.74) is 3.90. The molecule has 1 aromatic carbocycles. The lowest BCUT2D eigenvalue weighted by atomic mass is 9.89. The van der Waals surface area contributed by atoms with Gasteiger partial charge in [0.2, 0.25) is 5.91 Å². The molecule has 0 unspecified atom stereocenters. The number of fused-ring (bicyclic) bond motifs is 1. The van der Waals surface area contributed by atoms with Gasteiger partial charge in [-0.25, -0.2) is 4.68 Å². The quantitative estimate of drug-likeness (QED) is 0.555. The third-order valence-electron chi connectivity index (χ3n) is 5.91. The largest absolute Gasteiger partial charge is 0.380 e. The van der Waals surface area contributed by atoms with Crippen molar-refractivity contribution in [3.63, 3.8) is 0 Å². The number of hydrogen-bond acceptors (Lipinski definition) is 4. The number of nitrogens with one attached hydrogen (secondary N) is 1. The normalized spacial score (nSPS) is 18.5. The summed E-state index contributed by atoms with van der Waals surface area (Å²) in [5, 5.41) is 17.7. The van der Waals surface area contributed by atoms with Gasteiger partial charge in [-0.1, -0.05) is 31.3 Å². The fourth-order valence-corrected chi connectivity index (χ4v) is 4.17. The molecule has 2 aliphatic rings. The summed E-state index contributed by atoms with van der Waals surface area (Å²) in [6, 6.07) is 7.50. The number of benzene rings is 1. The Labute approximate surface area is 183 Å². The number of nitrogens with zero attached hydrogens (tertiary/aromatic N) is 2. The fraction of sp³-hybridized carbons (Fsp3) is 0.480. The van der Waals surface area contributed by atoms with Crippen LogP contribution in [0.15, 0.2) is 24.3 Å². The second-order valence-electron chi connectivity index (χ2n) is 8.53. The van der Waals surface area contributed by atoms with Crippen LogP contribution in [0.25, 0.3) is 5.69 Å². The van der Waals surface area contributed by atoms with Crippen molar-refractivity contribution in [3.8, 4) is 17.5 Å². The summed E-state index contributed by atoms with van der Waals surface area (Å²) in [7, 11) is 0. The number of carbonyl (C=O) groups is 2. The maximum atomic E-state index is 12.4. The summed E-state index contributed by atoms with van der Waals surface area (Å²) in [4.78, 5) is 24.8. The van der Waals surface area contributed by atoms with Crippen molar-refractivity contribution in [3.05, 3.63) is 46.8 Å². The minimum atomic E-state index is -0.633. The summed E-state index contributed by atoms with van der Waals surface area (Å²) in [6.45, 7) is 3.54. The number of aliphatic hydroxyl groups is 1. The van der Waals surface area contributed by atoms with Gasteiger partial charge in [0.05, 0.1) is 17.4 Å². The van der Waals surface area contributed by atoms with Crippen molar-refractivity contribution >= 4 is 11.7 Å². The van der Waals surface area contributed by atoms with Gasteiger partial charge in [-0.3, -0.25) is 9.59 Å². The van der Waals surface area contributed by atoms with E-state index in [0.717, 1.165) is 61.0 Å². The van der Waals surface area contributed by atoms with Crippen molar-refractivity contribution in [1.29, 1.82) is 0 Å². The fourth-order valence-electron chi connectivity index (χ4n) is 4.17. The van der Waals surface area contributed by atoms with Gasteiger partial charge in [-0.15, -0.1) is 0 Å². The van der Waals surface area contributed by atoms with Gasteiger partial charge >= 0.3 is 0 Å². The van der Waals surface area contributed by atoms with Crippen LogP contribution in [-0.2, 0) is 11.2 Å². The van der Waals surface area contributed by atoms with E-state index in [4.69, 9.17) is 0 Å². The maximum absolute atomic E-state index is 12.4. The number of ketones is 1. The third-order valence-corrected chi connectivity index (χ3v) is 5.91. The van der Waals surface area contributed by atoms with Gasteiger partial charge in [0, 0.05) is 24.0 Å². The highest BCUT2D eigenvalue weighted by atomic mass is 16.3. The Morgan fingerprint density at radius 2 is 2.13 bits per heavy atom. The molecule has 1 fully saturated rings. The molecular formula is C25H29N3O3. The van der Waals surface area contributed by atoms with Crippen LogP contribution < -0.4 is 5.32 Å². The Hall–Kier alpha value is -2.91. The lowest BCUT2D eigenvalue weighted by Crippen LogP contribution is -2.32. The van der Waals surface area contributed by atoms with Gasteiger partial charge in [-0.05, 0) is 56.7 Å². The Morgan fingerprint density at radius 3 is 2.84 bits per heavy atom. The number of hydrogen-bond donors (Lipinski definition) is 2. The Balaban J connectivity index is 1.69. The van der Waals surface area contributed by atoms with Crippen molar-refractivity contribution < 1.29 is 14.7 Å². The molecule has 1 aromatic heterocycles. The number of rotatable bonds is 6. The van der Waals surface area contributed by atoms with E-state index in [9.17, 15) is 14.7 Å². The topological polar surface area (TPSA) is 84.2 Å². The molecule has 31 heavy (non-hydrogen) atoms. The van der Waals surface area contributed by atoms with Crippen molar-refractivity contribution in [2.24, 2.45) is 5.92 Å². The van der Waals surface area contributed by atoms with E-state index in [-0.39, 0.29) is 23.7 Å². The molecule has 4 rings (SSSR count). The molecule has 2 N–H and O–H groups in total. The zero-order chi connectivity index (χ0) is 22.0. The summed E-state index contributed by atoms with van der Waals surface area (Å²) in [5.74, 6) is 6.04. The highest BCUT2D eigenvalue weighted by Crippen LogP contribution is 2.36. The molecule has 0 spiro atoms. The average molecular weight is 420 g/mol. The van der Waals surface area contributed by atoms with Gasteiger partial charge in [0.15, 0.2) is 5.78 Å². The number of amides is 1. The van der Waals surface area contributed by atoms with Crippen LogP contribution in [0.4, 0.5) is 0 Å². The van der Waals surface area contributed by atoms with Gasteiger partial charge < -0.3 is 10.4 Å². The predicted octanol–water partition coefficient (Wildman–Crippen LogP) is 3.49. The molecule has 1 amide bonds. The summed E-state index contributed by atoms with van der Waals surface area (Å²) in [6.07, 6.45) is 5.34. The zero-order valence-corrected chi connectivity index (χ0v) is 18.1. The summed E-state index contributed by atoms with van der Waals surface area (Å²) >= 11 is 0. The maximum Gasteiger partial charge on any atom is 0.223 e. The molecule has 0 radical (unpaired) electrons. The first kappa shape index (κ1) is 21.3. The second-order valence-corrected chi connectivity index (χ2v) is 8.53. The van der Waals surface area contributed by atoms with Crippen LogP contribution in [0.5, 0.6) is 0 Å². The molecule has 2 aliphatic carbocycles. The number of aliphatic hydroxyl groups excluding tert-OH is 1. The highest BCUT2D eigenvalue weighted by molar-refractivity contribution is 5.94. The van der Waals surface area contributed by atoms with Crippen LogP contribution >= 0.6 is 0 Å². The molecule has 6 nitrogen and oxygen atoms in total. The zero-order valence-electron chi connectivity index (χ0n) is 18.1. The summed E-state index contributed by atoms with van der Waals surface area (Å²) < 4.78 is 1.83. The Kier molecular flexibility index (Phi) is 6.24. The minimum Gasteiger partial charge on any atom is -0.380 e. The van der Waals surface area contributed by atoms with Crippen LogP contribution in [-0.4, -0.2) is 32.7 Å². The van der Waals surface area contributed by atoms with Gasteiger partial charge in [-0.2, -0.15) is 5.10 Å². The van der Waals surface area contributed by atoms with E-state index < -0.39 is 6.10 Å². The first-order valence-corrected chi connectivity index (χ1v) is 11.2. The van der Waals surface area contributed by atoms with E-state index in [1.54, 1.807) is 0 Å². The standard InChI is InChI=1S/C25H29N3O3/c1-3-6-20(30)14-11-17-7-4-8-19(15-17)28-22-10-5-9-21(26-25(31)18-12-13-18)23(22)24(27-28)16(2)29/h4,7-8,15,18,20-21,30H,3,5-6,9-10,12-13H2,1-2H3,(H,26,31)/t20-,21-/m1/s1. The van der Waals surface area contributed by atoms with Gasteiger partial charge in [0.25, 0.3) is 0 Å². The Morgan fingerprint density at radius 1 is 1.32 bits per heavy atom. The smallest absolute Gasteiger partial charge is 0.223 e. The molecule has 6 heteroatoms. The minimum absolute atomic E-state index is 0.0861. The molecule has 2 aromatic rings. The first-order chi connectivity index (χ1) is 15.0. The van der Waals surface area contributed by atoms with Gasteiger partial charge in [0.1, 0.15) is 11.8 Å².